The fourth-order valence-electron chi connectivity index (χ4n) is 3.73. The van der Waals surface area contributed by atoms with Gasteiger partial charge in [-0.05, 0) is 25.5 Å². The number of aliphatic hydroxyl groups excluding tert-OH is 1. The van der Waals surface area contributed by atoms with Gasteiger partial charge in [-0.15, -0.1) is 0 Å². The highest BCUT2D eigenvalue weighted by molar-refractivity contribution is 5.84. The topological polar surface area (TPSA) is 43.8 Å². The van der Waals surface area contributed by atoms with Gasteiger partial charge in [0.1, 0.15) is 0 Å². The number of piperazine rings is 1. The van der Waals surface area contributed by atoms with E-state index in [-0.39, 0.29) is 12.5 Å². The summed E-state index contributed by atoms with van der Waals surface area (Å²) in [7, 11) is 2.18. The molecule has 1 amide bonds. The number of nitrogens with zero attached hydrogens (tertiary/aromatic N) is 2. The summed E-state index contributed by atoms with van der Waals surface area (Å²) in [5, 5.41) is 9.68. The average Bonchev–Trinajstić information content (AvgIpc) is 2.48. The van der Waals surface area contributed by atoms with Crippen LogP contribution < -0.4 is 0 Å². The van der Waals surface area contributed by atoms with Crippen LogP contribution in [0, 0.1) is 0 Å². The summed E-state index contributed by atoms with van der Waals surface area (Å²) in [5.74, 6) is -0.343. The number of rotatable bonds is 3. The maximum atomic E-state index is 12.8. The highest BCUT2D eigenvalue weighted by Crippen LogP contribution is 2.29. The zero-order valence-corrected chi connectivity index (χ0v) is 12.6. The Morgan fingerprint density at radius 3 is 2.43 bits per heavy atom. The molecule has 114 valence electrons. The first-order valence-electron chi connectivity index (χ1n) is 7.87. The molecule has 0 spiro atoms. The number of aliphatic hydroxyl groups is 1. The summed E-state index contributed by atoms with van der Waals surface area (Å²) < 4.78 is 0. The van der Waals surface area contributed by atoms with E-state index < -0.39 is 5.92 Å². The first kappa shape index (κ1) is 14.5. The molecule has 2 saturated heterocycles. The summed E-state index contributed by atoms with van der Waals surface area (Å²) in [6.07, 6.45) is 3.61. The fourth-order valence-corrected chi connectivity index (χ4v) is 3.73. The summed E-state index contributed by atoms with van der Waals surface area (Å²) >= 11 is 0. The van der Waals surface area contributed by atoms with Crippen LogP contribution in [0.5, 0.6) is 0 Å². The number of piperidine rings is 1. The molecule has 0 aromatic heterocycles. The van der Waals surface area contributed by atoms with Gasteiger partial charge in [0.05, 0.1) is 12.5 Å². The number of fused-ring (bicyclic) bond motifs is 2. The molecule has 0 aliphatic carbocycles. The Morgan fingerprint density at radius 2 is 1.86 bits per heavy atom. The maximum Gasteiger partial charge on any atom is 0.232 e. The van der Waals surface area contributed by atoms with E-state index in [0.717, 1.165) is 18.7 Å². The third-order valence-corrected chi connectivity index (χ3v) is 5.08. The molecule has 1 aromatic carbocycles. The van der Waals surface area contributed by atoms with E-state index in [0.29, 0.717) is 12.1 Å². The number of likely N-dealkylation sites (tertiary alicyclic amines) is 1. The van der Waals surface area contributed by atoms with Crippen molar-refractivity contribution in [2.75, 3.05) is 26.7 Å². The third-order valence-electron chi connectivity index (χ3n) is 5.08. The minimum atomic E-state index is -0.421. The predicted octanol–water partition coefficient (Wildman–Crippen LogP) is 1.46. The third kappa shape index (κ3) is 2.83. The second-order valence-electron chi connectivity index (χ2n) is 6.29. The molecule has 2 bridgehead atoms. The average molecular weight is 288 g/mol. The molecule has 2 aliphatic heterocycles. The molecule has 4 nitrogen and oxygen atoms in total. The summed E-state index contributed by atoms with van der Waals surface area (Å²) in [5.41, 5.74) is 0.911. The summed E-state index contributed by atoms with van der Waals surface area (Å²) in [6.45, 7) is 1.48. The SMILES string of the molecule is CN1C2CCCC1CN(C(=O)C(CO)c1ccccc1)C2. The standard InChI is InChI=1S/C17H24N2O2/c1-18-14-8-5-9-15(18)11-19(10-14)17(21)16(12-20)13-6-3-2-4-7-13/h2-4,6-7,14-16,20H,5,8-12H2,1H3. The molecular weight excluding hydrogens is 264 g/mol. The maximum absolute atomic E-state index is 12.8. The molecule has 2 aliphatic rings. The van der Waals surface area contributed by atoms with Gasteiger partial charge in [0.15, 0.2) is 0 Å². The van der Waals surface area contributed by atoms with Crippen molar-refractivity contribution in [1.82, 2.24) is 9.80 Å². The highest BCUT2D eigenvalue weighted by Gasteiger charge is 2.38. The Balaban J connectivity index is 1.75. The molecule has 21 heavy (non-hydrogen) atoms. The van der Waals surface area contributed by atoms with Crippen molar-refractivity contribution in [1.29, 1.82) is 0 Å². The summed E-state index contributed by atoms with van der Waals surface area (Å²) in [6, 6.07) is 10.6. The van der Waals surface area contributed by atoms with Gasteiger partial charge in [-0.3, -0.25) is 9.69 Å². The Bertz CT molecular complexity index is 477. The molecule has 1 aromatic rings. The van der Waals surface area contributed by atoms with E-state index in [9.17, 15) is 9.90 Å². The minimum absolute atomic E-state index is 0.0775. The van der Waals surface area contributed by atoms with Crippen molar-refractivity contribution >= 4 is 5.91 Å². The lowest BCUT2D eigenvalue weighted by Crippen LogP contribution is -2.61. The van der Waals surface area contributed by atoms with Gasteiger partial charge in [0, 0.05) is 25.2 Å². The van der Waals surface area contributed by atoms with Gasteiger partial charge in [-0.1, -0.05) is 36.8 Å². The van der Waals surface area contributed by atoms with Crippen molar-refractivity contribution in [3.05, 3.63) is 35.9 Å². The van der Waals surface area contributed by atoms with Crippen molar-refractivity contribution in [3.8, 4) is 0 Å². The van der Waals surface area contributed by atoms with Crippen LogP contribution in [0.3, 0.4) is 0 Å². The number of likely N-dealkylation sites (N-methyl/N-ethyl adjacent to an activating group) is 1. The molecular formula is C17H24N2O2. The molecule has 3 atom stereocenters. The molecule has 1 N–H and O–H groups in total. The van der Waals surface area contributed by atoms with Crippen molar-refractivity contribution in [2.45, 2.75) is 37.3 Å². The zero-order chi connectivity index (χ0) is 14.8. The van der Waals surface area contributed by atoms with Gasteiger partial charge in [-0.2, -0.15) is 0 Å². The van der Waals surface area contributed by atoms with E-state index in [1.54, 1.807) is 0 Å². The van der Waals surface area contributed by atoms with Crippen molar-refractivity contribution < 1.29 is 9.90 Å². The van der Waals surface area contributed by atoms with E-state index >= 15 is 0 Å². The van der Waals surface area contributed by atoms with Crippen LogP contribution in [0.15, 0.2) is 30.3 Å². The molecule has 4 heteroatoms. The van der Waals surface area contributed by atoms with Gasteiger partial charge < -0.3 is 10.0 Å². The Labute approximate surface area is 126 Å². The smallest absolute Gasteiger partial charge is 0.232 e. The summed E-state index contributed by atoms with van der Waals surface area (Å²) in [4.78, 5) is 17.2. The van der Waals surface area contributed by atoms with Gasteiger partial charge in [-0.25, -0.2) is 0 Å². The lowest BCUT2D eigenvalue weighted by molar-refractivity contribution is -0.139. The molecule has 3 rings (SSSR count). The first-order chi connectivity index (χ1) is 10.2. The fraction of sp³-hybridized carbons (Fsp3) is 0.588. The predicted molar refractivity (Wildman–Crippen MR) is 82.0 cm³/mol. The number of amides is 1. The normalized spacial score (nSPS) is 27.4. The van der Waals surface area contributed by atoms with Crippen LogP contribution in [0.2, 0.25) is 0 Å². The molecule has 3 unspecified atom stereocenters. The number of hydrogen-bond donors (Lipinski definition) is 1. The monoisotopic (exact) mass is 288 g/mol. The van der Waals surface area contributed by atoms with Gasteiger partial charge in [0.25, 0.3) is 0 Å². The lowest BCUT2D eigenvalue weighted by Gasteiger charge is -2.49. The van der Waals surface area contributed by atoms with Crippen LogP contribution in [0.1, 0.15) is 30.7 Å². The largest absolute Gasteiger partial charge is 0.395 e. The molecule has 2 fully saturated rings. The molecule has 0 saturated carbocycles. The number of hydrogen-bond acceptors (Lipinski definition) is 3. The zero-order valence-electron chi connectivity index (χ0n) is 12.6. The van der Waals surface area contributed by atoms with Crippen LogP contribution in [0.25, 0.3) is 0 Å². The first-order valence-corrected chi connectivity index (χ1v) is 7.87. The van der Waals surface area contributed by atoms with Crippen molar-refractivity contribution in [3.63, 3.8) is 0 Å². The van der Waals surface area contributed by atoms with E-state index in [4.69, 9.17) is 0 Å². The van der Waals surface area contributed by atoms with Crippen LogP contribution in [-0.2, 0) is 4.79 Å². The second kappa shape index (κ2) is 6.16. The molecule has 0 radical (unpaired) electrons. The quantitative estimate of drug-likeness (QED) is 0.916. The lowest BCUT2D eigenvalue weighted by atomic mass is 9.90. The Kier molecular flexibility index (Phi) is 4.27. The highest BCUT2D eigenvalue weighted by atomic mass is 16.3. The van der Waals surface area contributed by atoms with E-state index in [1.165, 1.54) is 19.3 Å². The Morgan fingerprint density at radius 1 is 1.24 bits per heavy atom. The number of carbonyl (C=O) groups is 1. The van der Waals surface area contributed by atoms with Gasteiger partial charge in [0.2, 0.25) is 5.91 Å². The van der Waals surface area contributed by atoms with Crippen LogP contribution in [-0.4, -0.2) is 59.6 Å². The van der Waals surface area contributed by atoms with E-state index in [2.05, 4.69) is 11.9 Å². The van der Waals surface area contributed by atoms with Gasteiger partial charge >= 0.3 is 0 Å². The minimum Gasteiger partial charge on any atom is -0.395 e. The van der Waals surface area contributed by atoms with E-state index in [1.807, 2.05) is 35.2 Å². The van der Waals surface area contributed by atoms with Crippen LogP contribution in [0.4, 0.5) is 0 Å². The Hall–Kier alpha value is -1.39. The molecule has 2 heterocycles. The number of benzene rings is 1. The number of carbonyl (C=O) groups excluding carboxylic acids is 1. The van der Waals surface area contributed by atoms with Crippen LogP contribution >= 0.6 is 0 Å². The second-order valence-corrected chi connectivity index (χ2v) is 6.29. The van der Waals surface area contributed by atoms with Crippen molar-refractivity contribution in [2.24, 2.45) is 0 Å².